The van der Waals surface area contributed by atoms with Gasteiger partial charge in [-0.3, -0.25) is 14.9 Å². The van der Waals surface area contributed by atoms with E-state index in [2.05, 4.69) is 10.3 Å². The minimum absolute atomic E-state index is 0.151. The average Bonchev–Trinajstić information content (AvgIpc) is 3.48. The number of benzene rings is 3. The van der Waals surface area contributed by atoms with Gasteiger partial charge in [-0.25, -0.2) is 13.4 Å². The maximum absolute atomic E-state index is 13.5. The highest BCUT2D eigenvalue weighted by molar-refractivity contribution is 7.89. The van der Waals surface area contributed by atoms with Crippen molar-refractivity contribution < 1.29 is 32.2 Å². The quantitative estimate of drug-likeness (QED) is 0.258. The smallest absolute Gasteiger partial charge is 0.308 e. The van der Waals surface area contributed by atoms with Gasteiger partial charge in [0.25, 0.3) is 5.91 Å². The standard InChI is InChI=1S/C30H29N3O7S2/c1-38-26-13-12-21(16-27(26)39-2)24-19-41-30(31-24)32-28(34)18-40-29(35)17-25-23-11-7-6-8-20(23)14-15-33(25)42(36,37)22-9-4-3-5-10-22/h3-13,16,19,25H,14-15,17-18H2,1-2H3,(H,31,32,34). The fourth-order valence-corrected chi connectivity index (χ4v) is 7.20. The molecule has 0 fully saturated rings. The molecule has 1 aromatic heterocycles. The first-order valence-electron chi connectivity index (χ1n) is 13.1. The van der Waals surface area contributed by atoms with Gasteiger partial charge in [-0.05, 0) is 47.9 Å². The Morgan fingerprint density at radius 3 is 2.50 bits per heavy atom. The van der Waals surface area contributed by atoms with E-state index in [9.17, 15) is 18.0 Å². The Bertz CT molecular complexity index is 1690. The topological polar surface area (TPSA) is 124 Å². The molecular weight excluding hydrogens is 578 g/mol. The fraction of sp³-hybridized carbons (Fsp3) is 0.233. The minimum atomic E-state index is -3.88. The molecule has 0 saturated heterocycles. The van der Waals surface area contributed by atoms with Crippen molar-refractivity contribution in [2.45, 2.75) is 23.8 Å². The second kappa shape index (κ2) is 12.7. The highest BCUT2D eigenvalue weighted by Crippen LogP contribution is 2.37. The number of carbonyl (C=O) groups excluding carboxylic acids is 2. The van der Waals surface area contributed by atoms with Crippen LogP contribution < -0.4 is 14.8 Å². The van der Waals surface area contributed by atoms with Crippen LogP contribution in [0, 0.1) is 0 Å². The number of hydrogen-bond acceptors (Lipinski definition) is 9. The van der Waals surface area contributed by atoms with Crippen LogP contribution >= 0.6 is 11.3 Å². The Morgan fingerprint density at radius 1 is 1.00 bits per heavy atom. The molecule has 2 heterocycles. The number of nitrogens with one attached hydrogen (secondary N) is 1. The summed E-state index contributed by atoms with van der Waals surface area (Å²) < 4.78 is 44.3. The van der Waals surface area contributed by atoms with Gasteiger partial charge in [-0.2, -0.15) is 4.31 Å². The van der Waals surface area contributed by atoms with Gasteiger partial charge in [-0.15, -0.1) is 11.3 Å². The first-order chi connectivity index (χ1) is 20.3. The van der Waals surface area contributed by atoms with Crippen molar-refractivity contribution in [3.63, 3.8) is 0 Å². The zero-order chi connectivity index (χ0) is 29.7. The molecule has 1 aliphatic heterocycles. The Kier molecular flexibility index (Phi) is 8.86. The molecule has 12 heteroatoms. The number of aromatic nitrogens is 1. The van der Waals surface area contributed by atoms with Crippen LogP contribution in [0.3, 0.4) is 0 Å². The number of hydrogen-bond donors (Lipinski definition) is 1. The summed E-state index contributed by atoms with van der Waals surface area (Å²) in [6.07, 6.45) is 0.284. The third-order valence-electron chi connectivity index (χ3n) is 6.87. The largest absolute Gasteiger partial charge is 0.493 e. The first kappa shape index (κ1) is 29.2. The van der Waals surface area contributed by atoms with Gasteiger partial charge in [0.2, 0.25) is 10.0 Å². The van der Waals surface area contributed by atoms with E-state index < -0.39 is 34.5 Å². The summed E-state index contributed by atoms with van der Waals surface area (Å²) in [7, 11) is -0.779. The van der Waals surface area contributed by atoms with E-state index in [-0.39, 0.29) is 17.9 Å². The predicted octanol–water partition coefficient (Wildman–Crippen LogP) is 4.69. The van der Waals surface area contributed by atoms with Crippen LogP contribution in [0.25, 0.3) is 11.3 Å². The lowest BCUT2D eigenvalue weighted by molar-refractivity contribution is -0.148. The predicted molar refractivity (Wildman–Crippen MR) is 158 cm³/mol. The highest BCUT2D eigenvalue weighted by atomic mass is 32.2. The number of ether oxygens (including phenoxy) is 3. The van der Waals surface area contributed by atoms with Gasteiger partial charge >= 0.3 is 5.97 Å². The molecule has 42 heavy (non-hydrogen) atoms. The molecule has 3 aromatic carbocycles. The summed E-state index contributed by atoms with van der Waals surface area (Å²) in [5, 5.41) is 4.76. The van der Waals surface area contributed by atoms with E-state index in [1.165, 1.54) is 27.8 Å². The molecule has 4 aromatic rings. The van der Waals surface area contributed by atoms with E-state index in [4.69, 9.17) is 14.2 Å². The zero-order valence-electron chi connectivity index (χ0n) is 23.0. The molecule has 1 aliphatic rings. The van der Waals surface area contributed by atoms with E-state index in [1.807, 2.05) is 30.3 Å². The number of fused-ring (bicyclic) bond motifs is 1. The maximum atomic E-state index is 13.5. The normalized spacial score (nSPS) is 15.0. The van der Waals surface area contributed by atoms with Gasteiger partial charge in [0.05, 0.1) is 37.3 Å². The number of carbonyl (C=O) groups is 2. The molecule has 0 bridgehead atoms. The van der Waals surface area contributed by atoms with Crippen LogP contribution in [0.15, 0.2) is 83.1 Å². The highest BCUT2D eigenvalue weighted by Gasteiger charge is 2.37. The lowest BCUT2D eigenvalue weighted by Crippen LogP contribution is -2.41. The van der Waals surface area contributed by atoms with Gasteiger partial charge in [0, 0.05) is 17.5 Å². The van der Waals surface area contributed by atoms with Gasteiger partial charge < -0.3 is 14.2 Å². The summed E-state index contributed by atoms with van der Waals surface area (Å²) in [4.78, 5) is 30.1. The molecule has 1 amide bonds. The molecule has 10 nitrogen and oxygen atoms in total. The van der Waals surface area contributed by atoms with E-state index in [1.54, 1.807) is 49.9 Å². The van der Waals surface area contributed by atoms with E-state index >= 15 is 0 Å². The van der Waals surface area contributed by atoms with Crippen LogP contribution in [-0.4, -0.2) is 57.0 Å². The van der Waals surface area contributed by atoms with Crippen molar-refractivity contribution in [2.24, 2.45) is 0 Å². The second-order valence-electron chi connectivity index (χ2n) is 9.41. The second-order valence-corrected chi connectivity index (χ2v) is 12.2. The Hall–Kier alpha value is -4.26. The minimum Gasteiger partial charge on any atom is -0.493 e. The molecule has 0 radical (unpaired) electrons. The number of rotatable bonds is 10. The van der Waals surface area contributed by atoms with Gasteiger partial charge in [0.1, 0.15) is 0 Å². The molecule has 0 spiro atoms. The molecule has 1 N–H and O–H groups in total. The van der Waals surface area contributed by atoms with Crippen LogP contribution in [-0.2, 0) is 30.8 Å². The number of methoxy groups -OCH3 is 2. The number of thiazole rings is 1. The maximum Gasteiger partial charge on any atom is 0.308 e. The van der Waals surface area contributed by atoms with Crippen molar-refractivity contribution in [2.75, 3.05) is 32.7 Å². The summed E-state index contributed by atoms with van der Waals surface area (Å²) in [5.74, 6) is -0.111. The average molecular weight is 608 g/mol. The number of esters is 1. The van der Waals surface area contributed by atoms with Crippen LogP contribution in [0.5, 0.6) is 11.5 Å². The molecule has 218 valence electrons. The van der Waals surface area contributed by atoms with Crippen molar-refractivity contribution in [1.29, 1.82) is 0 Å². The third-order valence-corrected chi connectivity index (χ3v) is 9.55. The monoisotopic (exact) mass is 607 g/mol. The zero-order valence-corrected chi connectivity index (χ0v) is 24.6. The lowest BCUT2D eigenvalue weighted by atomic mass is 9.92. The van der Waals surface area contributed by atoms with Crippen molar-refractivity contribution in [1.82, 2.24) is 9.29 Å². The van der Waals surface area contributed by atoms with Crippen molar-refractivity contribution >= 4 is 38.4 Å². The SMILES string of the molecule is COc1ccc(-c2csc(NC(=O)COC(=O)CC3c4ccccc4CCN3S(=O)(=O)c3ccccc3)n2)cc1OC. The Balaban J connectivity index is 1.24. The Labute approximate surface area is 247 Å². The van der Waals surface area contributed by atoms with E-state index in [0.717, 1.165) is 16.7 Å². The van der Waals surface area contributed by atoms with Gasteiger partial charge in [0.15, 0.2) is 23.2 Å². The lowest BCUT2D eigenvalue weighted by Gasteiger charge is -2.36. The molecule has 5 rings (SSSR count). The Morgan fingerprint density at radius 2 is 1.74 bits per heavy atom. The number of anilines is 1. The van der Waals surface area contributed by atoms with E-state index in [0.29, 0.717) is 28.7 Å². The summed E-state index contributed by atoms with van der Waals surface area (Å²) in [5.41, 5.74) is 3.12. The van der Waals surface area contributed by atoms with Gasteiger partial charge in [-0.1, -0.05) is 42.5 Å². The van der Waals surface area contributed by atoms with Crippen LogP contribution in [0.2, 0.25) is 0 Å². The molecule has 1 atom stereocenters. The fourth-order valence-electron chi connectivity index (χ4n) is 4.83. The summed E-state index contributed by atoms with van der Waals surface area (Å²) in [6.45, 7) is -0.316. The molecular formula is C30H29N3O7S2. The van der Waals surface area contributed by atoms with Crippen LogP contribution in [0.4, 0.5) is 5.13 Å². The third kappa shape index (κ3) is 6.30. The summed E-state index contributed by atoms with van der Waals surface area (Å²) in [6, 6.07) is 20.2. The van der Waals surface area contributed by atoms with Crippen molar-refractivity contribution in [3.8, 4) is 22.8 Å². The summed E-state index contributed by atoms with van der Waals surface area (Å²) >= 11 is 1.22. The van der Waals surface area contributed by atoms with Crippen molar-refractivity contribution in [3.05, 3.63) is 89.3 Å². The van der Waals surface area contributed by atoms with Crippen LogP contribution in [0.1, 0.15) is 23.6 Å². The number of sulfonamides is 1. The molecule has 1 unspecified atom stereocenters. The number of amides is 1. The first-order valence-corrected chi connectivity index (χ1v) is 15.4. The molecule has 0 saturated carbocycles. The number of nitrogens with zero attached hydrogens (tertiary/aromatic N) is 2. The molecule has 0 aliphatic carbocycles.